The van der Waals surface area contributed by atoms with Crippen molar-refractivity contribution in [2.75, 3.05) is 6.54 Å². The van der Waals surface area contributed by atoms with Gasteiger partial charge in [-0.3, -0.25) is 9.59 Å². The van der Waals surface area contributed by atoms with Crippen LogP contribution < -0.4 is 11.1 Å². The van der Waals surface area contributed by atoms with Crippen molar-refractivity contribution in [3.63, 3.8) is 0 Å². The maximum absolute atomic E-state index is 12.2. The predicted molar refractivity (Wildman–Crippen MR) is 103 cm³/mol. The Morgan fingerprint density at radius 3 is 1.88 bits per heavy atom. The van der Waals surface area contributed by atoms with Gasteiger partial charge in [0.2, 0.25) is 0 Å². The number of hydrogen-bond acceptors (Lipinski definition) is 3. The van der Waals surface area contributed by atoms with Crippen LogP contribution in [0.2, 0.25) is 0 Å². The van der Waals surface area contributed by atoms with Crippen LogP contribution in [0, 0.1) is 0 Å². The van der Waals surface area contributed by atoms with Crippen molar-refractivity contribution in [2.45, 2.75) is 32.7 Å². The van der Waals surface area contributed by atoms with Crippen LogP contribution in [0.5, 0.6) is 0 Å². The average molecular weight is 361 g/mol. The van der Waals surface area contributed by atoms with Crippen molar-refractivity contribution in [3.05, 3.63) is 70.8 Å². The molecule has 2 aromatic carbocycles. The summed E-state index contributed by atoms with van der Waals surface area (Å²) in [6.45, 7) is 6.14. The monoisotopic (exact) mass is 360 g/mol. The van der Waals surface area contributed by atoms with Crippen molar-refractivity contribution in [3.8, 4) is 0 Å². The molecular formula is C20H25ClN2O2. The highest BCUT2D eigenvalue weighted by Gasteiger charge is 2.11. The molecule has 2 aromatic rings. The average Bonchev–Trinajstić information content (AvgIpc) is 2.59. The third-order valence-corrected chi connectivity index (χ3v) is 4.07. The van der Waals surface area contributed by atoms with Gasteiger partial charge in [-0.2, -0.15) is 0 Å². The minimum Gasteiger partial charge on any atom is -0.350 e. The fourth-order valence-electron chi connectivity index (χ4n) is 2.41. The van der Waals surface area contributed by atoms with Gasteiger partial charge < -0.3 is 11.1 Å². The molecule has 134 valence electrons. The molecule has 0 aliphatic heterocycles. The second-order valence-electron chi connectivity index (χ2n) is 6.27. The van der Waals surface area contributed by atoms with Gasteiger partial charge in [0.15, 0.2) is 5.78 Å². The molecule has 0 fully saturated rings. The molecule has 25 heavy (non-hydrogen) atoms. The summed E-state index contributed by atoms with van der Waals surface area (Å²) >= 11 is 0. The number of amides is 1. The Labute approximate surface area is 155 Å². The topological polar surface area (TPSA) is 72.2 Å². The van der Waals surface area contributed by atoms with E-state index in [2.05, 4.69) is 31.3 Å². The lowest BCUT2D eigenvalue weighted by atomic mass is 9.99. The normalized spacial score (nSPS) is 11.6. The van der Waals surface area contributed by atoms with Crippen molar-refractivity contribution >= 4 is 24.1 Å². The largest absolute Gasteiger partial charge is 0.350 e. The van der Waals surface area contributed by atoms with Gasteiger partial charge in [0.1, 0.15) is 0 Å². The fraction of sp³-hybridized carbons (Fsp3) is 0.300. The molecule has 0 bridgehead atoms. The number of Topliss-reactive ketones (excluding diaryl/α,β-unsaturated/α-hetero) is 1. The quantitative estimate of drug-likeness (QED) is 0.768. The maximum atomic E-state index is 12.2. The summed E-state index contributed by atoms with van der Waals surface area (Å²) in [7, 11) is 0. The smallest absolute Gasteiger partial charge is 0.251 e. The van der Waals surface area contributed by atoms with E-state index in [9.17, 15) is 9.59 Å². The van der Waals surface area contributed by atoms with E-state index >= 15 is 0 Å². The van der Waals surface area contributed by atoms with E-state index in [1.807, 2.05) is 12.1 Å². The highest BCUT2D eigenvalue weighted by Crippen LogP contribution is 2.17. The molecule has 0 spiro atoms. The number of carbonyl (C=O) groups is 2. The van der Waals surface area contributed by atoms with Gasteiger partial charge in [0.05, 0.1) is 0 Å². The molecule has 0 radical (unpaired) electrons. The van der Waals surface area contributed by atoms with Gasteiger partial charge in [-0.1, -0.05) is 50.2 Å². The molecule has 0 saturated heterocycles. The third kappa shape index (κ3) is 5.69. The van der Waals surface area contributed by atoms with Crippen molar-refractivity contribution in [1.82, 2.24) is 5.32 Å². The Balaban J connectivity index is 0.00000312. The Morgan fingerprint density at radius 2 is 1.40 bits per heavy atom. The van der Waals surface area contributed by atoms with Gasteiger partial charge in [0, 0.05) is 23.7 Å². The summed E-state index contributed by atoms with van der Waals surface area (Å²) in [5.41, 5.74) is 9.52. The first-order valence-electron chi connectivity index (χ1n) is 8.13. The lowest BCUT2D eigenvalue weighted by Gasteiger charge is -2.14. The summed E-state index contributed by atoms with van der Waals surface area (Å²) in [5.74, 6) is 0.265. The predicted octanol–water partition coefficient (Wildman–Crippen LogP) is 3.86. The zero-order valence-corrected chi connectivity index (χ0v) is 15.6. The number of nitrogens with one attached hydrogen (secondary N) is 1. The standard InChI is InChI=1S/C20H24N2O2.ClH/c1-13(2)15-4-8-17(9-5-15)19(21)12-22-20(24)18-10-6-16(7-11-18)14(3)23;/h4-11,13,19H,12,21H2,1-3H3,(H,22,24);1H. The number of hydrogen-bond donors (Lipinski definition) is 2. The highest BCUT2D eigenvalue weighted by molar-refractivity contribution is 5.97. The van der Waals surface area contributed by atoms with Gasteiger partial charge >= 0.3 is 0 Å². The van der Waals surface area contributed by atoms with E-state index < -0.39 is 0 Å². The lowest BCUT2D eigenvalue weighted by molar-refractivity contribution is 0.0949. The highest BCUT2D eigenvalue weighted by atomic mass is 35.5. The first-order chi connectivity index (χ1) is 11.4. The van der Waals surface area contributed by atoms with Crippen molar-refractivity contribution < 1.29 is 9.59 Å². The summed E-state index contributed by atoms with van der Waals surface area (Å²) in [6, 6.07) is 14.5. The van der Waals surface area contributed by atoms with Gasteiger partial charge in [-0.05, 0) is 36.1 Å². The van der Waals surface area contributed by atoms with Gasteiger partial charge in [-0.15, -0.1) is 12.4 Å². The number of halogens is 1. The molecule has 0 aliphatic carbocycles. The van der Waals surface area contributed by atoms with Crippen LogP contribution in [-0.2, 0) is 0 Å². The number of rotatable bonds is 6. The van der Waals surface area contributed by atoms with E-state index in [1.54, 1.807) is 24.3 Å². The molecule has 4 nitrogen and oxygen atoms in total. The number of nitrogens with two attached hydrogens (primary N) is 1. The first kappa shape index (κ1) is 20.9. The van der Waals surface area contributed by atoms with Crippen LogP contribution in [0.1, 0.15) is 64.6 Å². The van der Waals surface area contributed by atoms with E-state index in [0.29, 0.717) is 23.6 Å². The number of ketones is 1. The fourth-order valence-corrected chi connectivity index (χ4v) is 2.41. The van der Waals surface area contributed by atoms with Crippen LogP contribution in [0.25, 0.3) is 0 Å². The maximum Gasteiger partial charge on any atom is 0.251 e. The van der Waals surface area contributed by atoms with Crippen LogP contribution in [-0.4, -0.2) is 18.2 Å². The van der Waals surface area contributed by atoms with Crippen LogP contribution in [0.15, 0.2) is 48.5 Å². The second kappa shape index (κ2) is 9.35. The number of benzene rings is 2. The van der Waals surface area contributed by atoms with Gasteiger partial charge in [0.25, 0.3) is 5.91 Å². The molecule has 5 heteroatoms. The molecule has 0 aliphatic rings. The van der Waals surface area contributed by atoms with E-state index in [-0.39, 0.29) is 30.1 Å². The Kier molecular flexibility index (Phi) is 7.81. The summed E-state index contributed by atoms with van der Waals surface area (Å²) in [4.78, 5) is 23.4. The minimum atomic E-state index is -0.258. The van der Waals surface area contributed by atoms with E-state index in [0.717, 1.165) is 5.56 Å². The first-order valence-corrected chi connectivity index (χ1v) is 8.13. The molecule has 1 amide bonds. The van der Waals surface area contributed by atoms with E-state index in [4.69, 9.17) is 5.73 Å². The SMILES string of the molecule is CC(=O)c1ccc(C(=O)NCC(N)c2ccc(C(C)C)cc2)cc1.Cl. The molecule has 0 saturated carbocycles. The Morgan fingerprint density at radius 1 is 0.920 bits per heavy atom. The summed E-state index contributed by atoms with van der Waals surface area (Å²) < 4.78 is 0. The van der Waals surface area contributed by atoms with Crippen molar-refractivity contribution in [1.29, 1.82) is 0 Å². The van der Waals surface area contributed by atoms with Crippen LogP contribution in [0.3, 0.4) is 0 Å². The molecule has 0 heterocycles. The van der Waals surface area contributed by atoms with E-state index in [1.165, 1.54) is 12.5 Å². The molecule has 1 unspecified atom stereocenters. The Hall–Kier alpha value is -2.17. The second-order valence-corrected chi connectivity index (χ2v) is 6.27. The summed E-state index contributed by atoms with van der Waals surface area (Å²) in [6.07, 6.45) is 0. The van der Waals surface area contributed by atoms with Crippen LogP contribution in [0.4, 0.5) is 0 Å². The zero-order valence-electron chi connectivity index (χ0n) is 14.8. The van der Waals surface area contributed by atoms with Crippen molar-refractivity contribution in [2.24, 2.45) is 5.73 Å². The minimum absolute atomic E-state index is 0. The number of carbonyl (C=O) groups excluding carboxylic acids is 2. The molecule has 2 rings (SSSR count). The molecule has 0 aromatic heterocycles. The molecule has 1 atom stereocenters. The molecule has 3 N–H and O–H groups in total. The summed E-state index contributed by atoms with van der Waals surface area (Å²) in [5, 5.41) is 2.83. The third-order valence-electron chi connectivity index (χ3n) is 4.07. The lowest BCUT2D eigenvalue weighted by Crippen LogP contribution is -2.31. The van der Waals surface area contributed by atoms with Gasteiger partial charge in [-0.25, -0.2) is 0 Å². The zero-order chi connectivity index (χ0) is 17.7. The Bertz CT molecular complexity index is 709. The molecular weight excluding hydrogens is 336 g/mol. The van der Waals surface area contributed by atoms with Crippen LogP contribution >= 0.6 is 12.4 Å².